The van der Waals surface area contributed by atoms with Crippen LogP contribution in [0.2, 0.25) is 0 Å². The van der Waals surface area contributed by atoms with E-state index in [4.69, 9.17) is 14.2 Å². The van der Waals surface area contributed by atoms with Gasteiger partial charge in [0.2, 0.25) is 0 Å². The Morgan fingerprint density at radius 1 is 0.355 bits per heavy atom. The molecule has 0 amide bonds. The minimum absolute atomic E-state index is 0.125. The first-order chi connectivity index (χ1) is 30.6. The monoisotopic (exact) mass is 865 g/mol. The Bertz CT molecular complexity index is 1110. The van der Waals surface area contributed by atoms with Crippen molar-refractivity contribution >= 4 is 11.9 Å². The Labute approximate surface area is 385 Å². The van der Waals surface area contributed by atoms with Crippen molar-refractivity contribution in [2.75, 3.05) is 19.8 Å². The summed E-state index contributed by atoms with van der Waals surface area (Å²) in [4.78, 5) is 25.2. The summed E-state index contributed by atoms with van der Waals surface area (Å²) < 4.78 is 17.4. The van der Waals surface area contributed by atoms with Gasteiger partial charge in [-0.25, -0.2) is 0 Å². The minimum atomic E-state index is -0.426. The molecule has 0 saturated carbocycles. The predicted molar refractivity (Wildman–Crippen MR) is 270 cm³/mol. The Morgan fingerprint density at radius 2 is 0.677 bits per heavy atom. The lowest BCUT2D eigenvalue weighted by atomic mass is 10.0. The van der Waals surface area contributed by atoms with Crippen LogP contribution >= 0.6 is 0 Å². The molecule has 62 heavy (non-hydrogen) atoms. The molecule has 5 heteroatoms. The first-order valence-electron chi connectivity index (χ1n) is 26.5. The number of allylic oxidation sites excluding steroid dienone is 12. The zero-order valence-corrected chi connectivity index (χ0v) is 41.1. The number of unbranched alkanes of at least 4 members (excludes halogenated alkanes) is 25. The molecule has 0 heterocycles. The fraction of sp³-hybridized carbons (Fsp3) is 0.754. The molecule has 5 nitrogen and oxygen atoms in total. The molecule has 0 N–H and O–H groups in total. The highest BCUT2D eigenvalue weighted by molar-refractivity contribution is 5.69. The average molecular weight is 865 g/mol. The topological polar surface area (TPSA) is 61.8 Å². The van der Waals surface area contributed by atoms with Crippen molar-refractivity contribution < 1.29 is 23.8 Å². The van der Waals surface area contributed by atoms with E-state index in [1.807, 2.05) is 0 Å². The summed E-state index contributed by atoms with van der Waals surface area (Å²) in [6.07, 6.45) is 67.9. The number of esters is 2. The third-order valence-electron chi connectivity index (χ3n) is 11.3. The molecule has 0 bridgehead atoms. The van der Waals surface area contributed by atoms with Crippen LogP contribution in [-0.4, -0.2) is 37.9 Å². The largest absolute Gasteiger partial charge is 0.463 e. The number of carbonyl (C=O) groups is 2. The van der Waals surface area contributed by atoms with E-state index in [0.717, 1.165) is 83.5 Å². The Balaban J connectivity index is 4.35. The lowest BCUT2D eigenvalue weighted by molar-refractivity contribution is -0.155. The number of hydrogen-bond acceptors (Lipinski definition) is 5. The molecule has 0 unspecified atom stereocenters. The predicted octanol–water partition coefficient (Wildman–Crippen LogP) is 17.9. The van der Waals surface area contributed by atoms with Crippen LogP contribution in [0, 0.1) is 0 Å². The third kappa shape index (κ3) is 50.0. The minimum Gasteiger partial charge on any atom is -0.463 e. The van der Waals surface area contributed by atoms with Crippen LogP contribution in [-0.2, 0) is 23.8 Å². The van der Waals surface area contributed by atoms with Gasteiger partial charge < -0.3 is 14.2 Å². The van der Waals surface area contributed by atoms with E-state index in [1.165, 1.54) is 135 Å². The van der Waals surface area contributed by atoms with E-state index < -0.39 is 6.10 Å². The van der Waals surface area contributed by atoms with Gasteiger partial charge in [0, 0.05) is 19.4 Å². The molecular formula is C57H100O5. The standard InChI is InChI=1S/C57H100O5/c1-4-7-10-13-16-19-22-25-27-29-30-33-36-39-42-45-48-51-57(59)62-54-55(53-61-56(58)50-47-44-41-38-35-32-24-21-18-15-12-9-6-3)60-52-49-46-43-40-37-34-31-28-26-23-20-17-14-11-8-5-2/h7,10,16,19,21,24-25,27,30,33,39,42,55H,4-6,8-9,11-15,17-18,20,22-23,26,28-29,31-32,34-38,40-41,43-54H2,1-3H3/b10-7-,19-16-,24-21-,27-25-,33-30-,42-39-/t55-/m0/s1. The van der Waals surface area contributed by atoms with E-state index in [1.54, 1.807) is 0 Å². The Hall–Kier alpha value is -2.66. The fourth-order valence-corrected chi connectivity index (χ4v) is 7.28. The molecule has 0 aliphatic rings. The van der Waals surface area contributed by atoms with Crippen LogP contribution in [0.3, 0.4) is 0 Å². The molecular weight excluding hydrogens is 765 g/mol. The molecule has 358 valence electrons. The van der Waals surface area contributed by atoms with Gasteiger partial charge in [0.05, 0.1) is 0 Å². The van der Waals surface area contributed by atoms with Crippen LogP contribution in [0.1, 0.15) is 252 Å². The summed E-state index contributed by atoms with van der Waals surface area (Å²) in [5.41, 5.74) is 0. The highest BCUT2D eigenvalue weighted by Crippen LogP contribution is 2.15. The molecule has 0 aliphatic heterocycles. The van der Waals surface area contributed by atoms with Crippen molar-refractivity contribution in [3.8, 4) is 0 Å². The number of rotatable bonds is 48. The van der Waals surface area contributed by atoms with Crippen molar-refractivity contribution in [2.24, 2.45) is 0 Å². The van der Waals surface area contributed by atoms with Gasteiger partial charge in [0.1, 0.15) is 19.3 Å². The summed E-state index contributed by atoms with van der Waals surface area (Å²) in [5, 5.41) is 0. The van der Waals surface area contributed by atoms with E-state index in [2.05, 4.69) is 93.7 Å². The molecule has 0 aliphatic carbocycles. The second-order valence-electron chi connectivity index (χ2n) is 17.4. The summed E-state index contributed by atoms with van der Waals surface area (Å²) in [5.74, 6) is -0.405. The molecule has 0 aromatic carbocycles. The molecule has 1 atom stereocenters. The second kappa shape index (κ2) is 52.7. The normalized spacial score (nSPS) is 12.8. The Morgan fingerprint density at radius 3 is 1.13 bits per heavy atom. The summed E-state index contributed by atoms with van der Waals surface area (Å²) in [7, 11) is 0. The van der Waals surface area contributed by atoms with E-state index in [0.29, 0.717) is 19.4 Å². The van der Waals surface area contributed by atoms with E-state index in [9.17, 15) is 9.59 Å². The van der Waals surface area contributed by atoms with Gasteiger partial charge >= 0.3 is 11.9 Å². The zero-order valence-electron chi connectivity index (χ0n) is 41.1. The van der Waals surface area contributed by atoms with Gasteiger partial charge in [-0.05, 0) is 83.5 Å². The summed E-state index contributed by atoms with van der Waals surface area (Å²) in [6, 6.07) is 0. The van der Waals surface area contributed by atoms with Gasteiger partial charge in [0.15, 0.2) is 0 Å². The third-order valence-corrected chi connectivity index (χ3v) is 11.3. The molecule has 0 rings (SSSR count). The van der Waals surface area contributed by atoms with Crippen LogP contribution in [0.25, 0.3) is 0 Å². The fourth-order valence-electron chi connectivity index (χ4n) is 7.28. The molecule has 0 fully saturated rings. The maximum atomic E-state index is 12.6. The quantitative estimate of drug-likeness (QED) is 0.0346. The highest BCUT2D eigenvalue weighted by Gasteiger charge is 2.16. The highest BCUT2D eigenvalue weighted by atomic mass is 16.6. The van der Waals surface area contributed by atoms with E-state index in [-0.39, 0.29) is 25.2 Å². The van der Waals surface area contributed by atoms with Gasteiger partial charge in [-0.1, -0.05) is 229 Å². The second-order valence-corrected chi connectivity index (χ2v) is 17.4. The van der Waals surface area contributed by atoms with Crippen LogP contribution < -0.4 is 0 Å². The van der Waals surface area contributed by atoms with Crippen molar-refractivity contribution in [1.29, 1.82) is 0 Å². The molecule has 0 spiro atoms. The van der Waals surface area contributed by atoms with Gasteiger partial charge in [0.25, 0.3) is 0 Å². The maximum absolute atomic E-state index is 12.6. The molecule has 0 radical (unpaired) electrons. The van der Waals surface area contributed by atoms with E-state index >= 15 is 0 Å². The number of hydrogen-bond donors (Lipinski definition) is 0. The average Bonchev–Trinajstić information content (AvgIpc) is 3.28. The molecule has 0 aromatic heterocycles. The maximum Gasteiger partial charge on any atom is 0.305 e. The van der Waals surface area contributed by atoms with Gasteiger partial charge in [-0.2, -0.15) is 0 Å². The van der Waals surface area contributed by atoms with Crippen LogP contribution in [0.15, 0.2) is 72.9 Å². The van der Waals surface area contributed by atoms with Crippen LogP contribution in [0.4, 0.5) is 0 Å². The SMILES string of the molecule is CC/C=C\C/C=C\C/C=C\C/C=C\C/C=C\CCCC(=O)OC[C@H](COC(=O)CCCCCCC/C=C\CCCCCC)OCCCCCCCCCCCCCCCCCC. The van der Waals surface area contributed by atoms with Crippen LogP contribution in [0.5, 0.6) is 0 Å². The van der Waals surface area contributed by atoms with Crippen molar-refractivity contribution in [2.45, 2.75) is 258 Å². The lowest BCUT2D eigenvalue weighted by Gasteiger charge is -2.18. The first-order valence-corrected chi connectivity index (χ1v) is 26.5. The molecule has 0 aromatic rings. The first kappa shape index (κ1) is 59.3. The van der Waals surface area contributed by atoms with Gasteiger partial charge in [-0.15, -0.1) is 0 Å². The summed E-state index contributed by atoms with van der Waals surface area (Å²) >= 11 is 0. The van der Waals surface area contributed by atoms with Crippen molar-refractivity contribution in [1.82, 2.24) is 0 Å². The van der Waals surface area contributed by atoms with Gasteiger partial charge in [-0.3, -0.25) is 9.59 Å². The smallest absolute Gasteiger partial charge is 0.305 e. The van der Waals surface area contributed by atoms with Crippen molar-refractivity contribution in [3.05, 3.63) is 72.9 Å². The summed E-state index contributed by atoms with van der Waals surface area (Å²) in [6.45, 7) is 7.55. The lowest BCUT2D eigenvalue weighted by Crippen LogP contribution is -2.29. The zero-order chi connectivity index (χ0) is 44.9. The number of carbonyl (C=O) groups excluding carboxylic acids is 2. The van der Waals surface area contributed by atoms with Crippen molar-refractivity contribution in [3.63, 3.8) is 0 Å². The molecule has 0 saturated heterocycles. The Kier molecular flexibility index (Phi) is 50.4. The number of ether oxygens (including phenoxy) is 3.